The summed E-state index contributed by atoms with van der Waals surface area (Å²) in [5.74, 6) is 0.894. The van der Waals surface area contributed by atoms with Crippen LogP contribution in [-0.4, -0.2) is 27.2 Å². The van der Waals surface area contributed by atoms with Gasteiger partial charge in [-0.05, 0) is 36.4 Å². The molecule has 3 heterocycles. The molecular weight excluding hydrogens is 292 g/mol. The minimum Gasteiger partial charge on any atom is -0.330 e. The van der Waals surface area contributed by atoms with Crippen molar-refractivity contribution in [2.24, 2.45) is 5.73 Å². The van der Waals surface area contributed by atoms with Crippen LogP contribution in [0.4, 0.5) is 0 Å². The predicted octanol–water partition coefficient (Wildman–Crippen LogP) is 3.26. The normalized spacial score (nSPS) is 10.6. The standard InChI is InChI=1S/C17H16N4S/c18-8-11-22-13-7-10-20-17(12-13)16-6-3-5-15(21-16)14-4-1-2-9-19-14/h1-7,9-10,12H,8,11,18H2. The van der Waals surface area contributed by atoms with Crippen LogP contribution in [0.2, 0.25) is 0 Å². The lowest BCUT2D eigenvalue weighted by Gasteiger charge is -2.05. The molecule has 3 aromatic heterocycles. The van der Waals surface area contributed by atoms with Crippen molar-refractivity contribution in [3.05, 3.63) is 60.9 Å². The molecule has 2 N–H and O–H groups in total. The minimum atomic E-state index is 0.662. The van der Waals surface area contributed by atoms with Crippen LogP contribution >= 0.6 is 11.8 Å². The van der Waals surface area contributed by atoms with Gasteiger partial charge in [0.05, 0.1) is 22.8 Å². The molecule has 0 bridgehead atoms. The number of hydrogen-bond donors (Lipinski definition) is 1. The van der Waals surface area contributed by atoms with Gasteiger partial charge in [0.25, 0.3) is 0 Å². The molecule has 3 aromatic rings. The Morgan fingerprint density at radius 2 is 1.59 bits per heavy atom. The maximum Gasteiger partial charge on any atom is 0.0897 e. The number of nitrogens with zero attached hydrogens (tertiary/aromatic N) is 3. The van der Waals surface area contributed by atoms with Gasteiger partial charge in [0.2, 0.25) is 0 Å². The lowest BCUT2D eigenvalue weighted by molar-refractivity contribution is 1.14. The maximum atomic E-state index is 5.55. The quantitative estimate of drug-likeness (QED) is 0.733. The summed E-state index contributed by atoms with van der Waals surface area (Å²) in [6.07, 6.45) is 3.58. The van der Waals surface area contributed by atoms with Crippen molar-refractivity contribution in [1.29, 1.82) is 0 Å². The summed E-state index contributed by atoms with van der Waals surface area (Å²) >= 11 is 1.72. The number of thioether (sulfide) groups is 1. The highest BCUT2D eigenvalue weighted by Gasteiger charge is 2.06. The molecule has 5 heteroatoms. The van der Waals surface area contributed by atoms with Crippen LogP contribution in [0.1, 0.15) is 0 Å². The van der Waals surface area contributed by atoms with Gasteiger partial charge in [0.15, 0.2) is 0 Å². The Balaban J connectivity index is 1.92. The van der Waals surface area contributed by atoms with Gasteiger partial charge in [-0.3, -0.25) is 9.97 Å². The van der Waals surface area contributed by atoms with Crippen LogP contribution in [0.5, 0.6) is 0 Å². The van der Waals surface area contributed by atoms with E-state index in [-0.39, 0.29) is 0 Å². The minimum absolute atomic E-state index is 0.662. The van der Waals surface area contributed by atoms with Gasteiger partial charge in [0, 0.05) is 29.6 Å². The highest BCUT2D eigenvalue weighted by Crippen LogP contribution is 2.24. The Kier molecular flexibility index (Phi) is 4.78. The van der Waals surface area contributed by atoms with Crippen LogP contribution in [0.25, 0.3) is 22.8 Å². The largest absolute Gasteiger partial charge is 0.330 e. The van der Waals surface area contributed by atoms with Gasteiger partial charge in [-0.1, -0.05) is 12.1 Å². The van der Waals surface area contributed by atoms with Crippen molar-refractivity contribution in [3.8, 4) is 22.8 Å². The molecule has 0 fully saturated rings. The number of aromatic nitrogens is 3. The Labute approximate surface area is 133 Å². The Hall–Kier alpha value is -2.24. The van der Waals surface area contributed by atoms with Crippen LogP contribution in [0, 0.1) is 0 Å². The second-order valence-electron chi connectivity index (χ2n) is 4.64. The summed E-state index contributed by atoms with van der Waals surface area (Å²) in [6, 6.07) is 15.7. The van der Waals surface area contributed by atoms with Crippen LogP contribution in [0.15, 0.2) is 65.8 Å². The zero-order valence-electron chi connectivity index (χ0n) is 12.0. The molecule has 110 valence electrons. The molecule has 22 heavy (non-hydrogen) atoms. The van der Waals surface area contributed by atoms with Gasteiger partial charge in [-0.2, -0.15) is 0 Å². The fourth-order valence-electron chi connectivity index (χ4n) is 2.05. The fraction of sp³-hybridized carbons (Fsp3) is 0.118. The third-order valence-corrected chi connectivity index (χ3v) is 4.08. The van der Waals surface area contributed by atoms with Crippen molar-refractivity contribution in [2.75, 3.05) is 12.3 Å². The molecule has 0 spiro atoms. The maximum absolute atomic E-state index is 5.55. The monoisotopic (exact) mass is 308 g/mol. The third-order valence-electron chi connectivity index (χ3n) is 3.06. The highest BCUT2D eigenvalue weighted by molar-refractivity contribution is 7.99. The van der Waals surface area contributed by atoms with E-state index >= 15 is 0 Å². The molecule has 0 aromatic carbocycles. The summed E-state index contributed by atoms with van der Waals surface area (Å²) in [7, 11) is 0. The zero-order valence-corrected chi connectivity index (χ0v) is 12.8. The van der Waals surface area contributed by atoms with Crippen molar-refractivity contribution in [2.45, 2.75) is 4.90 Å². The second kappa shape index (κ2) is 7.15. The van der Waals surface area contributed by atoms with Gasteiger partial charge < -0.3 is 5.73 Å². The van der Waals surface area contributed by atoms with Gasteiger partial charge >= 0.3 is 0 Å². The van der Waals surface area contributed by atoms with E-state index in [0.717, 1.165) is 33.4 Å². The van der Waals surface area contributed by atoms with Crippen LogP contribution in [0.3, 0.4) is 0 Å². The summed E-state index contributed by atoms with van der Waals surface area (Å²) < 4.78 is 0. The van der Waals surface area contributed by atoms with Crippen molar-refractivity contribution >= 4 is 11.8 Å². The molecule has 0 aliphatic carbocycles. The molecule has 0 unspecified atom stereocenters. The number of nitrogens with two attached hydrogens (primary N) is 1. The smallest absolute Gasteiger partial charge is 0.0897 e. The molecule has 4 nitrogen and oxygen atoms in total. The number of rotatable bonds is 5. The fourth-order valence-corrected chi connectivity index (χ4v) is 2.76. The molecule has 0 saturated carbocycles. The Bertz CT molecular complexity index is 746. The van der Waals surface area contributed by atoms with E-state index in [0.29, 0.717) is 6.54 Å². The summed E-state index contributed by atoms with van der Waals surface area (Å²) in [6.45, 7) is 0.662. The lowest BCUT2D eigenvalue weighted by atomic mass is 10.2. The van der Waals surface area contributed by atoms with E-state index < -0.39 is 0 Å². The predicted molar refractivity (Wildman–Crippen MR) is 90.5 cm³/mol. The van der Waals surface area contributed by atoms with Gasteiger partial charge in [-0.25, -0.2) is 4.98 Å². The molecular formula is C17H16N4S. The molecule has 0 radical (unpaired) electrons. The summed E-state index contributed by atoms with van der Waals surface area (Å²) in [4.78, 5) is 14.6. The Morgan fingerprint density at radius 3 is 2.36 bits per heavy atom. The van der Waals surface area contributed by atoms with Gasteiger partial charge in [0.1, 0.15) is 0 Å². The number of hydrogen-bond acceptors (Lipinski definition) is 5. The first kappa shape index (κ1) is 14.7. The zero-order chi connectivity index (χ0) is 15.2. The van der Waals surface area contributed by atoms with E-state index in [9.17, 15) is 0 Å². The second-order valence-corrected chi connectivity index (χ2v) is 5.81. The van der Waals surface area contributed by atoms with E-state index in [1.165, 1.54) is 0 Å². The average molecular weight is 308 g/mol. The molecule has 3 rings (SSSR count). The van der Waals surface area contributed by atoms with E-state index in [2.05, 4.69) is 15.0 Å². The highest BCUT2D eigenvalue weighted by atomic mass is 32.2. The van der Waals surface area contributed by atoms with Crippen molar-refractivity contribution in [1.82, 2.24) is 15.0 Å². The topological polar surface area (TPSA) is 64.7 Å². The molecule has 0 amide bonds. The van der Waals surface area contributed by atoms with Crippen molar-refractivity contribution in [3.63, 3.8) is 0 Å². The lowest BCUT2D eigenvalue weighted by Crippen LogP contribution is -2.00. The molecule has 0 saturated heterocycles. The van der Waals surface area contributed by atoms with Gasteiger partial charge in [-0.15, -0.1) is 11.8 Å². The molecule has 0 aliphatic rings. The average Bonchev–Trinajstić information content (AvgIpc) is 2.61. The van der Waals surface area contributed by atoms with Crippen LogP contribution in [-0.2, 0) is 0 Å². The Morgan fingerprint density at radius 1 is 0.818 bits per heavy atom. The van der Waals surface area contributed by atoms with Crippen LogP contribution < -0.4 is 5.73 Å². The first-order valence-corrected chi connectivity index (χ1v) is 8.03. The van der Waals surface area contributed by atoms with Crippen molar-refractivity contribution < 1.29 is 0 Å². The van der Waals surface area contributed by atoms with E-state index in [1.54, 1.807) is 18.0 Å². The third kappa shape index (κ3) is 3.50. The molecule has 0 atom stereocenters. The summed E-state index contributed by atoms with van der Waals surface area (Å²) in [5.41, 5.74) is 8.97. The SMILES string of the molecule is NCCSc1ccnc(-c2cccc(-c3ccccn3)n2)c1. The number of pyridine rings is 3. The first-order valence-electron chi connectivity index (χ1n) is 7.04. The van der Waals surface area contributed by atoms with E-state index in [4.69, 9.17) is 5.73 Å². The first-order chi connectivity index (χ1) is 10.9. The van der Waals surface area contributed by atoms with E-state index in [1.807, 2.05) is 54.7 Å². The molecule has 0 aliphatic heterocycles. The summed E-state index contributed by atoms with van der Waals surface area (Å²) in [5, 5.41) is 0.